The maximum absolute atomic E-state index is 6.60. The van der Waals surface area contributed by atoms with Gasteiger partial charge in [-0.1, -0.05) is 18.2 Å². The van der Waals surface area contributed by atoms with E-state index in [9.17, 15) is 0 Å². The van der Waals surface area contributed by atoms with E-state index in [4.69, 9.17) is 4.74 Å². The van der Waals surface area contributed by atoms with Crippen LogP contribution in [0, 0.1) is 24.7 Å². The van der Waals surface area contributed by atoms with E-state index in [0.717, 1.165) is 29.9 Å². The molecule has 0 N–H and O–H groups in total. The highest BCUT2D eigenvalue weighted by Crippen LogP contribution is 2.57. The molecule has 1 heteroatoms. The van der Waals surface area contributed by atoms with E-state index in [1.807, 2.05) is 0 Å². The SMILES string of the molecule is [CH2]Cc1ccccc1OC12CC3CC(CC(C3)C1)C2. The molecule has 0 saturated heterocycles. The molecule has 1 aromatic rings. The Hall–Kier alpha value is -0.980. The standard InChI is InChI=1S/C18H23O/c1-2-16-5-3-4-6-17(16)19-18-10-13-7-14(11-18)9-15(8-13)12-18/h3-6,13-15H,1-2,7-12H2. The number of ether oxygens (including phenoxy) is 1. The smallest absolute Gasteiger partial charge is 0.123 e. The first kappa shape index (κ1) is 11.8. The molecular formula is C18H23O. The van der Waals surface area contributed by atoms with Gasteiger partial charge in [-0.2, -0.15) is 0 Å². The van der Waals surface area contributed by atoms with Crippen molar-refractivity contribution in [3.63, 3.8) is 0 Å². The van der Waals surface area contributed by atoms with Gasteiger partial charge in [0.1, 0.15) is 11.4 Å². The van der Waals surface area contributed by atoms with Crippen LogP contribution >= 0.6 is 0 Å². The summed E-state index contributed by atoms with van der Waals surface area (Å²) in [6, 6.07) is 8.48. The summed E-state index contributed by atoms with van der Waals surface area (Å²) in [4.78, 5) is 0. The van der Waals surface area contributed by atoms with Crippen LogP contribution in [0.4, 0.5) is 0 Å². The fourth-order valence-corrected chi connectivity index (χ4v) is 5.20. The van der Waals surface area contributed by atoms with Crippen molar-refractivity contribution in [2.45, 2.75) is 50.5 Å². The summed E-state index contributed by atoms with van der Waals surface area (Å²) in [6.45, 7) is 4.03. The molecule has 1 aromatic carbocycles. The van der Waals surface area contributed by atoms with Gasteiger partial charge in [0, 0.05) is 0 Å². The lowest BCUT2D eigenvalue weighted by molar-refractivity contribution is -0.108. The van der Waals surface area contributed by atoms with Crippen molar-refractivity contribution in [2.24, 2.45) is 17.8 Å². The maximum Gasteiger partial charge on any atom is 0.123 e. The van der Waals surface area contributed by atoms with Crippen LogP contribution in [0.15, 0.2) is 24.3 Å². The average molecular weight is 255 g/mol. The molecule has 4 saturated carbocycles. The van der Waals surface area contributed by atoms with Crippen molar-refractivity contribution in [1.82, 2.24) is 0 Å². The van der Waals surface area contributed by atoms with E-state index in [1.165, 1.54) is 44.1 Å². The van der Waals surface area contributed by atoms with Crippen LogP contribution in [0.1, 0.15) is 44.1 Å². The van der Waals surface area contributed by atoms with E-state index in [1.54, 1.807) is 0 Å². The van der Waals surface area contributed by atoms with Crippen molar-refractivity contribution in [1.29, 1.82) is 0 Å². The van der Waals surface area contributed by atoms with Gasteiger partial charge < -0.3 is 4.74 Å². The van der Waals surface area contributed by atoms with Crippen molar-refractivity contribution >= 4 is 0 Å². The third-order valence-electron chi connectivity index (χ3n) is 5.55. The van der Waals surface area contributed by atoms with Crippen LogP contribution in [0.3, 0.4) is 0 Å². The summed E-state index contributed by atoms with van der Waals surface area (Å²) in [5.74, 6) is 3.92. The second kappa shape index (κ2) is 4.26. The molecule has 101 valence electrons. The third kappa shape index (κ3) is 1.98. The van der Waals surface area contributed by atoms with E-state index in [2.05, 4.69) is 31.2 Å². The number of para-hydroxylation sites is 1. The summed E-state index contributed by atoms with van der Waals surface area (Å²) >= 11 is 0. The van der Waals surface area contributed by atoms with E-state index >= 15 is 0 Å². The molecule has 0 spiro atoms. The first-order chi connectivity index (χ1) is 9.26. The fourth-order valence-electron chi connectivity index (χ4n) is 5.20. The van der Waals surface area contributed by atoms with Crippen LogP contribution in [0.25, 0.3) is 0 Å². The summed E-state index contributed by atoms with van der Waals surface area (Å²) < 4.78 is 6.60. The molecule has 4 aliphatic rings. The Balaban J connectivity index is 1.62. The molecule has 0 unspecified atom stereocenters. The van der Waals surface area contributed by atoms with Gasteiger partial charge in [-0.05, 0) is 81.3 Å². The van der Waals surface area contributed by atoms with Gasteiger partial charge in [0.2, 0.25) is 0 Å². The Labute approximate surface area is 116 Å². The summed E-state index contributed by atoms with van der Waals surface area (Å²) in [7, 11) is 0. The highest BCUT2D eigenvalue weighted by molar-refractivity contribution is 5.34. The van der Waals surface area contributed by atoms with Gasteiger partial charge in [0.15, 0.2) is 0 Å². The molecule has 1 radical (unpaired) electrons. The highest BCUT2D eigenvalue weighted by Gasteiger charge is 2.52. The lowest BCUT2D eigenvalue weighted by Crippen LogP contribution is -2.53. The van der Waals surface area contributed by atoms with Gasteiger partial charge >= 0.3 is 0 Å². The average Bonchev–Trinajstić information content (AvgIpc) is 2.37. The molecule has 0 amide bonds. The maximum atomic E-state index is 6.60. The second-order valence-electron chi connectivity index (χ2n) is 7.06. The molecule has 4 fully saturated rings. The van der Waals surface area contributed by atoms with Crippen molar-refractivity contribution in [2.75, 3.05) is 0 Å². The molecule has 0 aromatic heterocycles. The normalized spacial score (nSPS) is 39.5. The predicted octanol–water partition coefficient (Wildman–Crippen LogP) is 4.41. The van der Waals surface area contributed by atoms with Gasteiger partial charge in [-0.3, -0.25) is 0 Å². The van der Waals surface area contributed by atoms with Crippen LogP contribution in [0.2, 0.25) is 0 Å². The van der Waals surface area contributed by atoms with Gasteiger partial charge in [-0.25, -0.2) is 0 Å². The van der Waals surface area contributed by atoms with Crippen molar-refractivity contribution < 1.29 is 4.74 Å². The Morgan fingerprint density at radius 1 is 1.00 bits per heavy atom. The van der Waals surface area contributed by atoms with Crippen molar-refractivity contribution in [3.8, 4) is 5.75 Å². The Kier molecular flexibility index (Phi) is 2.65. The number of hydrogen-bond donors (Lipinski definition) is 0. The van der Waals surface area contributed by atoms with Gasteiger partial charge in [0.25, 0.3) is 0 Å². The zero-order valence-corrected chi connectivity index (χ0v) is 11.6. The quantitative estimate of drug-likeness (QED) is 0.777. The molecular weight excluding hydrogens is 232 g/mol. The monoisotopic (exact) mass is 255 g/mol. The van der Waals surface area contributed by atoms with Crippen LogP contribution in [-0.4, -0.2) is 5.60 Å². The largest absolute Gasteiger partial charge is 0.487 e. The zero-order valence-electron chi connectivity index (χ0n) is 11.6. The van der Waals surface area contributed by atoms with E-state index < -0.39 is 0 Å². The van der Waals surface area contributed by atoms with E-state index in [-0.39, 0.29) is 5.60 Å². The first-order valence-corrected chi connectivity index (χ1v) is 7.82. The summed E-state index contributed by atoms with van der Waals surface area (Å²) in [5.41, 5.74) is 1.43. The van der Waals surface area contributed by atoms with Crippen LogP contribution in [-0.2, 0) is 6.42 Å². The number of hydrogen-bond acceptors (Lipinski definition) is 1. The number of rotatable bonds is 3. The highest BCUT2D eigenvalue weighted by atomic mass is 16.5. The van der Waals surface area contributed by atoms with Crippen LogP contribution < -0.4 is 4.74 Å². The first-order valence-electron chi connectivity index (χ1n) is 7.82. The van der Waals surface area contributed by atoms with Crippen molar-refractivity contribution in [3.05, 3.63) is 36.8 Å². The zero-order chi connectivity index (χ0) is 12.9. The minimum atomic E-state index is 0.167. The Morgan fingerprint density at radius 2 is 1.58 bits per heavy atom. The predicted molar refractivity (Wildman–Crippen MR) is 77.0 cm³/mol. The summed E-state index contributed by atoms with van der Waals surface area (Å²) in [5, 5.41) is 0. The minimum Gasteiger partial charge on any atom is -0.487 e. The third-order valence-corrected chi connectivity index (χ3v) is 5.55. The molecule has 4 bridgehead atoms. The molecule has 4 aliphatic carbocycles. The fraction of sp³-hybridized carbons (Fsp3) is 0.611. The number of benzene rings is 1. The summed E-state index contributed by atoms with van der Waals surface area (Å²) in [6.07, 6.45) is 9.13. The molecule has 0 heterocycles. The Bertz CT molecular complexity index is 441. The minimum absolute atomic E-state index is 0.167. The molecule has 0 aliphatic heterocycles. The molecule has 19 heavy (non-hydrogen) atoms. The van der Waals surface area contributed by atoms with Gasteiger partial charge in [0.05, 0.1) is 0 Å². The van der Waals surface area contributed by atoms with Crippen LogP contribution in [0.5, 0.6) is 5.75 Å². The Morgan fingerprint density at radius 3 is 2.16 bits per heavy atom. The molecule has 0 atom stereocenters. The lowest BCUT2D eigenvalue weighted by Gasteiger charge is -2.56. The molecule has 5 rings (SSSR count). The molecule has 1 nitrogen and oxygen atoms in total. The second-order valence-corrected chi connectivity index (χ2v) is 7.06. The van der Waals surface area contributed by atoms with Gasteiger partial charge in [-0.15, -0.1) is 0 Å². The topological polar surface area (TPSA) is 9.23 Å². The van der Waals surface area contributed by atoms with E-state index in [0.29, 0.717) is 0 Å². The lowest BCUT2D eigenvalue weighted by atomic mass is 9.54.